The zero-order chi connectivity index (χ0) is 113. The van der Waals surface area contributed by atoms with E-state index in [4.69, 9.17) is 0 Å². The fourth-order valence-corrected chi connectivity index (χ4v) is 12.8. The van der Waals surface area contributed by atoms with E-state index in [1.165, 1.54) is 19.3 Å². The van der Waals surface area contributed by atoms with Gasteiger partial charge in [-0.3, -0.25) is 91.1 Å². The number of carbonyl (C=O) groups excluding carboxylic acids is 19. The van der Waals surface area contributed by atoms with E-state index in [-0.39, 0.29) is 220 Å². The molecule has 0 aliphatic carbocycles. The lowest BCUT2D eigenvalue weighted by atomic mass is 9.93. The highest BCUT2D eigenvalue weighted by atomic mass is 16.3. The largest absolute Gasteiger partial charge is 0.508 e. The summed E-state index contributed by atoms with van der Waals surface area (Å²) in [5, 5.41) is 31.3. The molecule has 0 aromatic heterocycles. The molecule has 2 atom stereocenters. The lowest BCUT2D eigenvalue weighted by Crippen LogP contribution is -2.45. The Kier molecular flexibility index (Phi) is 96.7. The van der Waals surface area contributed by atoms with Gasteiger partial charge in [-0.15, -0.1) is 0 Å². The third-order valence-corrected chi connectivity index (χ3v) is 23.4. The first-order valence-corrected chi connectivity index (χ1v) is 55.3. The van der Waals surface area contributed by atoms with Crippen molar-refractivity contribution in [3.63, 3.8) is 0 Å². The summed E-state index contributed by atoms with van der Waals surface area (Å²) in [6.45, 7) is 69.4. The van der Waals surface area contributed by atoms with Gasteiger partial charge in [0.25, 0.3) is 0 Å². The summed E-state index contributed by atoms with van der Waals surface area (Å²) in [5.74, 6) is 1.93. The Morgan fingerprint density at radius 2 is 0.476 bits per heavy atom. The van der Waals surface area contributed by atoms with Crippen molar-refractivity contribution in [2.24, 2.45) is 71.0 Å². The summed E-state index contributed by atoms with van der Waals surface area (Å²) in [6, 6.07) is 8.24. The van der Waals surface area contributed by atoms with E-state index in [0.717, 1.165) is 102 Å². The van der Waals surface area contributed by atoms with Crippen molar-refractivity contribution in [3.8, 4) is 5.75 Å². The highest BCUT2D eigenvalue weighted by molar-refractivity contribution is 5.96. The van der Waals surface area contributed by atoms with Crippen LogP contribution in [0.5, 0.6) is 5.75 Å². The number of phenolic OH excluding ortho intramolecular Hbond substituents is 1. The third kappa shape index (κ3) is 100. The minimum absolute atomic E-state index is 0.00180. The van der Waals surface area contributed by atoms with Crippen molar-refractivity contribution in [1.82, 2.24) is 37.2 Å². The number of rotatable bonds is 76. The summed E-state index contributed by atoms with van der Waals surface area (Å²) in [6.07, 6.45) is 21.9. The van der Waals surface area contributed by atoms with Crippen molar-refractivity contribution < 1.29 is 96.2 Å². The molecule has 0 aliphatic heterocycles. The smallest absolute Gasteiger partial charge is 0.223 e. The molecule has 1 unspecified atom stereocenters. The Hall–Kier alpha value is -7.85. The Labute approximate surface area is 880 Å². The molecule has 1 aromatic rings. The van der Waals surface area contributed by atoms with Crippen molar-refractivity contribution in [1.29, 1.82) is 0 Å². The van der Waals surface area contributed by atoms with Crippen LogP contribution in [-0.4, -0.2) is 190 Å². The van der Waals surface area contributed by atoms with Gasteiger partial charge in [0.1, 0.15) is 86.7 Å². The maximum atomic E-state index is 12.4. The molecule has 0 spiro atoms. The Balaban J connectivity index is -0.000000301. The SMILES string of the molecule is CC(C)C(=O)CC(NC(=O)C(C)C)C(=O)C(C)C.CC(C)C(=O)CCC(=O)CCC(=O)C(C)C.CC(C)C(=O)CCC(=O)CCCCC(=O)NCC(=O)C(C)C.CC(C)C(=O)CCCCC(=O)CCC(=O)C(C)C.CC(C)NCCCC(=O)CCC(=O)C(C)C.CC(C)NCCCCCC(=O)C(C)C.CC(C)NCCCCCC(=O)CCCCNC(C)C.CC(C)N[C@@H](Cc1ccc(O)cc1)C(=O)CCC(=O)C(C)C. The van der Waals surface area contributed by atoms with Crippen LogP contribution in [0.2, 0.25) is 0 Å². The molecule has 8 N–H and O–H groups in total. The summed E-state index contributed by atoms with van der Waals surface area (Å²) in [7, 11) is 0. The second-order valence-electron chi connectivity index (χ2n) is 43.9. The van der Waals surface area contributed by atoms with E-state index >= 15 is 0 Å². The van der Waals surface area contributed by atoms with E-state index < -0.39 is 6.04 Å². The average molecular weight is 2050 g/mol. The fourth-order valence-electron chi connectivity index (χ4n) is 12.8. The molecule has 2 amide bonds. The number of phenols is 1. The van der Waals surface area contributed by atoms with Gasteiger partial charge in [-0.05, 0) is 121 Å². The van der Waals surface area contributed by atoms with Crippen molar-refractivity contribution >= 4 is 110 Å². The average Bonchev–Trinajstić information content (AvgIpc) is 0.881. The van der Waals surface area contributed by atoms with Crippen molar-refractivity contribution in [2.75, 3.05) is 32.7 Å². The predicted octanol–water partition coefficient (Wildman–Crippen LogP) is 21.6. The number of Topliss-reactive ketones (excluding diaryl/α,β-unsaturated/α-hetero) is 17. The molecule has 145 heavy (non-hydrogen) atoms. The first-order chi connectivity index (χ1) is 67.4. The standard InChI is InChI=1S/C18H27NO3.C17H29NO4.C16H34N2O.C15H26O3.C14H25NO3.C13H25NO2.C13H22O3.C12H25NO/c1-12(2)17(21)9-10-18(22)16(19-13(3)4)11-14-5-7-15(20)8-6-14;1-12(2)15(20)10-9-14(19)7-5-6-8-17(22)18-11-16(21)13(3)4;1-14(2)17-12-8-5-6-10-16(19)11-7-9-13-18-15(3)4;1-11(2)14(17)8-6-5-7-13(16)9-10-15(18)12(3)4;1-8(2)12(16)7-11(13(17)9(3)4)15-14(18)10(5)6;1-10(2)13(16)8-7-12(15)6-5-9-14-11(3)4;1-9(2)12(15)7-5-11(14)6-8-13(16)10(3)4;1-10(2)12(14)8-6-5-7-9-13-11(3)4/h5-8,12-13,16,19-20H,9-11H2,1-4H3;12-13H,5-11H2,1-4H3,(H,18,22);14-15,17-18H,5-13H2,1-4H3;11-12H,5-10H2,1-4H3;8-11H,7H2,1-6H3,(H,15,18);10-11,14H,5-9H2,1-4H3;9-10H,5-8H2,1-4H3;10-11,13H,5-9H2,1-4H3/t16-;;;;;;;/m0......./s1. The summed E-state index contributed by atoms with van der Waals surface area (Å²) >= 11 is 0. The van der Waals surface area contributed by atoms with Gasteiger partial charge in [0.2, 0.25) is 11.8 Å². The molecule has 0 saturated heterocycles. The Morgan fingerprint density at radius 1 is 0.228 bits per heavy atom. The summed E-state index contributed by atoms with van der Waals surface area (Å²) < 4.78 is 0. The van der Waals surface area contributed by atoms with Gasteiger partial charge in [-0.1, -0.05) is 260 Å². The van der Waals surface area contributed by atoms with Crippen LogP contribution in [0.25, 0.3) is 0 Å². The van der Waals surface area contributed by atoms with E-state index in [1.54, 1.807) is 67.5 Å². The van der Waals surface area contributed by atoms with Crippen LogP contribution >= 0.6 is 0 Å². The van der Waals surface area contributed by atoms with Gasteiger partial charge in [-0.25, -0.2) is 0 Å². The number of hydrogen-bond donors (Lipinski definition) is 8. The van der Waals surface area contributed by atoms with Crippen LogP contribution in [0.4, 0.5) is 0 Å². The molecule has 840 valence electrons. The third-order valence-electron chi connectivity index (χ3n) is 23.4. The molecule has 0 fully saturated rings. The van der Waals surface area contributed by atoms with Gasteiger partial charge in [0.05, 0.1) is 18.6 Å². The fraction of sp³-hybridized carbons (Fsp3) is 0.788. The number of carbonyl (C=O) groups is 19. The van der Waals surface area contributed by atoms with E-state index in [2.05, 4.69) is 92.6 Å². The van der Waals surface area contributed by atoms with Crippen LogP contribution < -0.4 is 37.2 Å². The van der Waals surface area contributed by atoms with Crippen LogP contribution in [0.1, 0.15) is 459 Å². The van der Waals surface area contributed by atoms with Gasteiger partial charge < -0.3 is 42.3 Å². The normalized spacial score (nSPS) is 11.6. The molecule has 0 saturated carbocycles. The molecule has 27 heteroatoms. The van der Waals surface area contributed by atoms with Gasteiger partial charge in [0.15, 0.2) is 17.3 Å². The lowest BCUT2D eigenvalue weighted by molar-refractivity contribution is -0.133. The number of unbranched alkanes of at least 4 members (excludes halogenated alkanes) is 7. The predicted molar refractivity (Wildman–Crippen MR) is 592 cm³/mol. The zero-order valence-corrected chi connectivity index (χ0v) is 97.8. The van der Waals surface area contributed by atoms with Crippen LogP contribution in [0.15, 0.2) is 24.3 Å². The van der Waals surface area contributed by atoms with Crippen LogP contribution in [0, 0.1) is 71.0 Å². The number of amides is 2. The molecule has 1 rings (SSSR count). The van der Waals surface area contributed by atoms with Crippen LogP contribution in [0.3, 0.4) is 0 Å². The van der Waals surface area contributed by atoms with Gasteiger partial charge >= 0.3 is 0 Å². The number of nitrogens with one attached hydrogen (secondary N) is 7. The van der Waals surface area contributed by atoms with Gasteiger partial charge in [0, 0.05) is 236 Å². The molecule has 0 aliphatic rings. The number of benzene rings is 1. The van der Waals surface area contributed by atoms with Crippen molar-refractivity contribution in [3.05, 3.63) is 29.8 Å². The monoisotopic (exact) mass is 2050 g/mol. The highest BCUT2D eigenvalue weighted by Gasteiger charge is 2.29. The summed E-state index contributed by atoms with van der Waals surface area (Å²) in [5.41, 5.74) is 0.986. The van der Waals surface area contributed by atoms with Crippen molar-refractivity contribution in [2.45, 2.75) is 502 Å². The highest BCUT2D eigenvalue weighted by Crippen LogP contribution is 2.19. The minimum Gasteiger partial charge on any atom is -0.508 e. The Morgan fingerprint density at radius 3 is 0.779 bits per heavy atom. The van der Waals surface area contributed by atoms with E-state index in [0.29, 0.717) is 145 Å². The van der Waals surface area contributed by atoms with E-state index in [1.807, 2.05) is 137 Å². The molecule has 0 radical (unpaired) electrons. The van der Waals surface area contributed by atoms with Crippen LogP contribution in [-0.2, 0) is 97.5 Å². The first-order valence-electron chi connectivity index (χ1n) is 55.3. The van der Waals surface area contributed by atoms with E-state index in [9.17, 15) is 96.2 Å². The Bertz CT molecular complexity index is 3680. The minimum atomic E-state index is -0.685. The second-order valence-corrected chi connectivity index (χ2v) is 43.9. The maximum absolute atomic E-state index is 12.4. The topological polar surface area (TPSA) is 429 Å². The quantitative estimate of drug-likeness (QED) is 0.0281. The molecule has 0 bridgehead atoms. The first kappa shape index (κ1) is 150. The molecular weight excluding hydrogens is 1840 g/mol. The van der Waals surface area contributed by atoms with Gasteiger partial charge in [-0.2, -0.15) is 0 Å². The zero-order valence-electron chi connectivity index (χ0n) is 97.8. The molecular formula is C118H213N7O20. The summed E-state index contributed by atoms with van der Waals surface area (Å²) in [4.78, 5) is 219. The molecule has 27 nitrogen and oxygen atoms in total. The molecule has 0 heterocycles. The lowest BCUT2D eigenvalue weighted by Gasteiger charge is -2.21. The maximum Gasteiger partial charge on any atom is 0.223 e. The number of hydrogen-bond acceptors (Lipinski definition) is 25. The second kappa shape index (κ2) is 93.4. The number of aromatic hydroxyl groups is 1. The molecule has 1 aromatic carbocycles. The number of ketones is 17.